The molecule has 1 heterocycles. The van der Waals surface area contributed by atoms with Gasteiger partial charge in [-0.25, -0.2) is 4.98 Å². The van der Waals surface area contributed by atoms with Gasteiger partial charge in [0.15, 0.2) is 0 Å². The maximum atomic E-state index is 11.0. The number of nitrogens with one attached hydrogen (secondary N) is 1. The van der Waals surface area contributed by atoms with E-state index in [9.17, 15) is 4.79 Å². The quantitative estimate of drug-likeness (QED) is 0.738. The van der Waals surface area contributed by atoms with Crippen LogP contribution in [0.2, 0.25) is 5.02 Å². The lowest BCUT2D eigenvalue weighted by Gasteiger charge is -2.05. The predicted molar refractivity (Wildman–Crippen MR) is 94.4 cm³/mol. The normalized spacial score (nSPS) is 10.7. The summed E-state index contributed by atoms with van der Waals surface area (Å²) in [6.07, 6.45) is 0. The molecule has 118 valence electrons. The van der Waals surface area contributed by atoms with Crippen molar-refractivity contribution in [1.29, 1.82) is 0 Å². The van der Waals surface area contributed by atoms with Gasteiger partial charge in [-0.3, -0.25) is 4.79 Å². The lowest BCUT2D eigenvalue weighted by molar-refractivity contribution is -0.114. The number of aryl methyl sites for hydroxylation is 1. The van der Waals surface area contributed by atoms with Crippen molar-refractivity contribution >= 4 is 44.7 Å². The molecule has 0 aliphatic heterocycles. The second kappa shape index (κ2) is 6.56. The molecule has 3 aromatic rings. The number of aromatic nitrogens is 1. The number of amides is 1. The number of ether oxygens (including phenoxy) is 1. The lowest BCUT2D eigenvalue weighted by Crippen LogP contribution is -2.05. The SMILES string of the molecule is CC(=O)Nc1ccc(OCc2nc3cc(Cl)c(C)cc3s2)cc1. The third-order valence-electron chi connectivity index (χ3n) is 3.25. The molecule has 1 N–H and O–H groups in total. The Balaban J connectivity index is 1.69. The largest absolute Gasteiger partial charge is 0.486 e. The minimum Gasteiger partial charge on any atom is -0.486 e. The fourth-order valence-electron chi connectivity index (χ4n) is 2.14. The number of fused-ring (bicyclic) bond motifs is 1. The van der Waals surface area contributed by atoms with Gasteiger partial charge in [0.2, 0.25) is 5.91 Å². The van der Waals surface area contributed by atoms with Crippen LogP contribution in [0.4, 0.5) is 5.69 Å². The Morgan fingerprint density at radius 3 is 2.74 bits per heavy atom. The number of carbonyl (C=O) groups excluding carboxylic acids is 1. The summed E-state index contributed by atoms with van der Waals surface area (Å²) in [6, 6.07) is 11.2. The summed E-state index contributed by atoms with van der Waals surface area (Å²) in [5, 5.41) is 4.34. The molecule has 0 saturated carbocycles. The highest BCUT2D eigenvalue weighted by molar-refractivity contribution is 7.18. The van der Waals surface area contributed by atoms with Crippen molar-refractivity contribution in [3.8, 4) is 5.75 Å². The molecule has 0 aliphatic rings. The Morgan fingerprint density at radius 2 is 2.04 bits per heavy atom. The average molecular weight is 347 g/mol. The summed E-state index contributed by atoms with van der Waals surface area (Å²) in [6.45, 7) is 3.86. The number of hydrogen-bond acceptors (Lipinski definition) is 4. The summed E-state index contributed by atoms with van der Waals surface area (Å²) < 4.78 is 6.85. The minimum absolute atomic E-state index is 0.0953. The first-order chi connectivity index (χ1) is 11.0. The van der Waals surface area contributed by atoms with Gasteiger partial charge in [-0.05, 0) is 48.9 Å². The fourth-order valence-corrected chi connectivity index (χ4v) is 3.26. The number of carbonyl (C=O) groups is 1. The van der Waals surface area contributed by atoms with Gasteiger partial charge >= 0.3 is 0 Å². The number of thiazole rings is 1. The molecule has 0 unspecified atom stereocenters. The van der Waals surface area contributed by atoms with Crippen molar-refractivity contribution in [3.63, 3.8) is 0 Å². The van der Waals surface area contributed by atoms with Crippen molar-refractivity contribution in [1.82, 2.24) is 4.98 Å². The molecule has 0 spiro atoms. The van der Waals surface area contributed by atoms with Crippen LogP contribution in [0.15, 0.2) is 36.4 Å². The second-order valence-electron chi connectivity index (χ2n) is 5.17. The Kier molecular flexibility index (Phi) is 4.50. The van der Waals surface area contributed by atoms with Crippen LogP contribution in [0.5, 0.6) is 5.75 Å². The number of nitrogens with zero attached hydrogens (tertiary/aromatic N) is 1. The van der Waals surface area contributed by atoms with Gasteiger partial charge in [-0.15, -0.1) is 11.3 Å². The van der Waals surface area contributed by atoms with Crippen molar-refractivity contribution in [3.05, 3.63) is 52.0 Å². The van der Waals surface area contributed by atoms with Crippen LogP contribution in [-0.4, -0.2) is 10.9 Å². The first-order valence-corrected chi connectivity index (χ1v) is 8.27. The van der Waals surface area contributed by atoms with E-state index in [1.54, 1.807) is 23.5 Å². The molecule has 1 aromatic heterocycles. The highest BCUT2D eigenvalue weighted by Crippen LogP contribution is 2.28. The summed E-state index contributed by atoms with van der Waals surface area (Å²) in [5.74, 6) is 0.634. The van der Waals surface area contributed by atoms with E-state index in [1.807, 2.05) is 31.2 Å². The Labute approximate surface area is 143 Å². The summed E-state index contributed by atoms with van der Waals surface area (Å²) in [4.78, 5) is 15.5. The van der Waals surface area contributed by atoms with E-state index in [1.165, 1.54) is 6.92 Å². The van der Waals surface area contributed by atoms with Crippen LogP contribution >= 0.6 is 22.9 Å². The van der Waals surface area contributed by atoms with E-state index in [2.05, 4.69) is 10.3 Å². The lowest BCUT2D eigenvalue weighted by atomic mass is 10.2. The van der Waals surface area contributed by atoms with Crippen molar-refractivity contribution in [2.24, 2.45) is 0 Å². The van der Waals surface area contributed by atoms with Gasteiger partial charge < -0.3 is 10.1 Å². The third-order valence-corrected chi connectivity index (χ3v) is 4.65. The zero-order valence-electron chi connectivity index (χ0n) is 12.7. The Morgan fingerprint density at radius 1 is 1.30 bits per heavy atom. The maximum Gasteiger partial charge on any atom is 0.221 e. The molecule has 0 aliphatic carbocycles. The molecule has 0 bridgehead atoms. The number of halogens is 1. The summed E-state index contributed by atoms with van der Waals surface area (Å²) in [5.41, 5.74) is 2.68. The highest BCUT2D eigenvalue weighted by Gasteiger charge is 2.07. The molecule has 0 saturated heterocycles. The van der Waals surface area contributed by atoms with Gasteiger partial charge in [0.05, 0.1) is 10.2 Å². The molecule has 3 rings (SSSR count). The second-order valence-corrected chi connectivity index (χ2v) is 6.69. The number of benzene rings is 2. The van der Waals surface area contributed by atoms with E-state index >= 15 is 0 Å². The smallest absolute Gasteiger partial charge is 0.221 e. The van der Waals surface area contributed by atoms with Crippen molar-refractivity contribution in [2.75, 3.05) is 5.32 Å². The van der Waals surface area contributed by atoms with Gasteiger partial charge in [-0.2, -0.15) is 0 Å². The van der Waals surface area contributed by atoms with Crippen LogP contribution in [0.25, 0.3) is 10.2 Å². The van der Waals surface area contributed by atoms with Gasteiger partial charge in [0.1, 0.15) is 17.4 Å². The molecule has 1 amide bonds. The minimum atomic E-state index is -0.0953. The van der Waals surface area contributed by atoms with Crippen LogP contribution in [0.1, 0.15) is 17.5 Å². The monoisotopic (exact) mass is 346 g/mol. The zero-order chi connectivity index (χ0) is 16.4. The fraction of sp³-hybridized carbons (Fsp3) is 0.176. The van der Waals surface area contributed by atoms with Crippen molar-refractivity contribution in [2.45, 2.75) is 20.5 Å². The van der Waals surface area contributed by atoms with E-state index in [0.717, 1.165) is 37.2 Å². The Hall–Kier alpha value is -2.11. The topological polar surface area (TPSA) is 51.2 Å². The van der Waals surface area contributed by atoms with Gasteiger partial charge in [0.25, 0.3) is 0 Å². The predicted octanol–water partition coefficient (Wildman–Crippen LogP) is 4.80. The van der Waals surface area contributed by atoms with Crippen LogP contribution in [-0.2, 0) is 11.4 Å². The molecule has 23 heavy (non-hydrogen) atoms. The number of anilines is 1. The zero-order valence-corrected chi connectivity index (χ0v) is 14.3. The molecule has 0 fully saturated rings. The molecular formula is C17H15ClN2O2S. The molecule has 4 nitrogen and oxygen atoms in total. The molecule has 6 heteroatoms. The third kappa shape index (κ3) is 3.81. The maximum absolute atomic E-state index is 11.0. The van der Waals surface area contributed by atoms with E-state index in [0.29, 0.717) is 6.61 Å². The van der Waals surface area contributed by atoms with Gasteiger partial charge in [-0.1, -0.05) is 11.6 Å². The summed E-state index contributed by atoms with van der Waals surface area (Å²) in [7, 11) is 0. The first kappa shape index (κ1) is 15.8. The standard InChI is InChI=1S/C17H15ClN2O2S/c1-10-7-16-15(8-14(10)18)20-17(23-16)9-22-13-5-3-12(4-6-13)19-11(2)21/h3-8H,9H2,1-2H3,(H,19,21). The Bertz CT molecular complexity index is 820. The molecule has 2 aromatic carbocycles. The molecule has 0 atom stereocenters. The highest BCUT2D eigenvalue weighted by atomic mass is 35.5. The van der Waals surface area contributed by atoms with E-state index in [-0.39, 0.29) is 5.91 Å². The first-order valence-electron chi connectivity index (χ1n) is 7.07. The summed E-state index contributed by atoms with van der Waals surface area (Å²) >= 11 is 7.72. The van der Waals surface area contributed by atoms with Gasteiger partial charge in [0, 0.05) is 17.6 Å². The van der Waals surface area contributed by atoms with Crippen LogP contribution in [0.3, 0.4) is 0 Å². The van der Waals surface area contributed by atoms with E-state index < -0.39 is 0 Å². The number of rotatable bonds is 4. The van der Waals surface area contributed by atoms with E-state index in [4.69, 9.17) is 16.3 Å². The average Bonchev–Trinajstić information content (AvgIpc) is 2.88. The van der Waals surface area contributed by atoms with Crippen LogP contribution < -0.4 is 10.1 Å². The molecular weight excluding hydrogens is 332 g/mol. The number of hydrogen-bond donors (Lipinski definition) is 1. The molecule has 0 radical (unpaired) electrons. The van der Waals surface area contributed by atoms with Crippen LogP contribution in [0, 0.1) is 6.92 Å². The van der Waals surface area contributed by atoms with Crippen molar-refractivity contribution < 1.29 is 9.53 Å².